The summed E-state index contributed by atoms with van der Waals surface area (Å²) in [5, 5.41) is 3.74. The van der Waals surface area contributed by atoms with Crippen LogP contribution in [-0.4, -0.2) is 38.5 Å². The topological polar surface area (TPSA) is 30.5 Å². The summed E-state index contributed by atoms with van der Waals surface area (Å²) in [5.74, 6) is 0.717. The lowest BCUT2D eigenvalue weighted by molar-refractivity contribution is 0.141. The first-order valence-electron chi connectivity index (χ1n) is 6.28. The third-order valence-corrected chi connectivity index (χ3v) is 3.62. The maximum Gasteiger partial charge on any atom is 0.0509 e. The van der Waals surface area contributed by atoms with Crippen LogP contribution in [0.2, 0.25) is 0 Å². The number of ether oxygens (including phenoxy) is 2. The normalized spacial score (nSPS) is 35.0. The fourth-order valence-electron chi connectivity index (χ4n) is 2.53. The van der Waals surface area contributed by atoms with Crippen molar-refractivity contribution in [1.82, 2.24) is 5.32 Å². The smallest absolute Gasteiger partial charge is 0.0509 e. The molecule has 0 bridgehead atoms. The highest BCUT2D eigenvalue weighted by atomic mass is 16.5. The summed E-state index contributed by atoms with van der Waals surface area (Å²) in [6.45, 7) is 6.05. The molecule has 2 aliphatic rings. The highest BCUT2D eigenvalue weighted by Gasteiger charge is 2.24. The summed E-state index contributed by atoms with van der Waals surface area (Å²) in [7, 11) is 0. The SMILES string of the molecule is CC(NC1CCCOCC1)C1CCOC1. The van der Waals surface area contributed by atoms with Gasteiger partial charge < -0.3 is 14.8 Å². The first kappa shape index (κ1) is 11.4. The molecule has 2 heterocycles. The van der Waals surface area contributed by atoms with Crippen molar-refractivity contribution >= 4 is 0 Å². The molecule has 0 aromatic heterocycles. The molecule has 2 rings (SSSR count). The van der Waals surface area contributed by atoms with Crippen molar-refractivity contribution in [3.63, 3.8) is 0 Å². The maximum atomic E-state index is 5.47. The third kappa shape index (κ3) is 3.44. The largest absolute Gasteiger partial charge is 0.381 e. The molecule has 0 amide bonds. The summed E-state index contributed by atoms with van der Waals surface area (Å²) < 4.78 is 10.9. The molecule has 0 spiro atoms. The standard InChI is InChI=1S/C12H23NO2/c1-10(11-4-7-15-9-11)13-12-3-2-6-14-8-5-12/h10-13H,2-9H2,1H3. The van der Waals surface area contributed by atoms with Crippen LogP contribution in [0.5, 0.6) is 0 Å². The quantitative estimate of drug-likeness (QED) is 0.772. The Morgan fingerprint density at radius 1 is 1.07 bits per heavy atom. The minimum Gasteiger partial charge on any atom is -0.381 e. The molecule has 88 valence electrons. The Kier molecular flexibility index (Phi) is 4.42. The second-order valence-corrected chi connectivity index (χ2v) is 4.82. The molecule has 2 aliphatic heterocycles. The van der Waals surface area contributed by atoms with Crippen LogP contribution in [0, 0.1) is 5.92 Å². The Bertz CT molecular complexity index is 172. The van der Waals surface area contributed by atoms with Crippen LogP contribution < -0.4 is 5.32 Å². The van der Waals surface area contributed by atoms with Gasteiger partial charge in [-0.1, -0.05) is 0 Å². The van der Waals surface area contributed by atoms with E-state index >= 15 is 0 Å². The highest BCUT2D eigenvalue weighted by Crippen LogP contribution is 2.18. The molecule has 1 N–H and O–H groups in total. The van der Waals surface area contributed by atoms with Gasteiger partial charge in [0.25, 0.3) is 0 Å². The van der Waals surface area contributed by atoms with E-state index in [2.05, 4.69) is 12.2 Å². The van der Waals surface area contributed by atoms with E-state index in [9.17, 15) is 0 Å². The summed E-state index contributed by atoms with van der Waals surface area (Å²) in [6.07, 6.45) is 4.85. The number of hydrogen-bond donors (Lipinski definition) is 1. The summed E-state index contributed by atoms with van der Waals surface area (Å²) in [4.78, 5) is 0. The van der Waals surface area contributed by atoms with Gasteiger partial charge in [-0.05, 0) is 38.5 Å². The molecular formula is C12H23NO2. The number of rotatable bonds is 3. The Morgan fingerprint density at radius 2 is 1.93 bits per heavy atom. The Balaban J connectivity index is 1.73. The minimum atomic E-state index is 0.593. The molecule has 3 nitrogen and oxygen atoms in total. The zero-order valence-electron chi connectivity index (χ0n) is 9.71. The Hall–Kier alpha value is -0.120. The van der Waals surface area contributed by atoms with Gasteiger partial charge in [0.2, 0.25) is 0 Å². The number of hydrogen-bond acceptors (Lipinski definition) is 3. The molecule has 3 atom stereocenters. The predicted molar refractivity (Wildman–Crippen MR) is 60.0 cm³/mol. The molecule has 0 aromatic carbocycles. The molecule has 0 aromatic rings. The average molecular weight is 213 g/mol. The van der Waals surface area contributed by atoms with Gasteiger partial charge in [0.15, 0.2) is 0 Å². The van der Waals surface area contributed by atoms with E-state index in [1.54, 1.807) is 0 Å². The van der Waals surface area contributed by atoms with E-state index in [1.807, 2.05) is 0 Å². The van der Waals surface area contributed by atoms with E-state index in [0.29, 0.717) is 18.0 Å². The van der Waals surface area contributed by atoms with E-state index in [1.165, 1.54) is 19.3 Å². The van der Waals surface area contributed by atoms with Gasteiger partial charge in [0.1, 0.15) is 0 Å². The van der Waals surface area contributed by atoms with Crippen LogP contribution in [0.15, 0.2) is 0 Å². The van der Waals surface area contributed by atoms with Gasteiger partial charge in [-0.3, -0.25) is 0 Å². The molecule has 0 saturated carbocycles. The predicted octanol–water partition coefficient (Wildman–Crippen LogP) is 1.57. The molecule has 2 fully saturated rings. The van der Waals surface area contributed by atoms with Crippen molar-refractivity contribution in [1.29, 1.82) is 0 Å². The van der Waals surface area contributed by atoms with Crippen molar-refractivity contribution in [3.8, 4) is 0 Å². The first-order valence-corrected chi connectivity index (χ1v) is 6.28. The fourth-order valence-corrected chi connectivity index (χ4v) is 2.53. The minimum absolute atomic E-state index is 0.593. The summed E-state index contributed by atoms with van der Waals surface area (Å²) in [5.41, 5.74) is 0. The van der Waals surface area contributed by atoms with Crippen LogP contribution in [0.1, 0.15) is 32.6 Å². The van der Waals surface area contributed by atoms with E-state index < -0.39 is 0 Å². The van der Waals surface area contributed by atoms with Gasteiger partial charge in [0.05, 0.1) is 6.61 Å². The molecule has 2 saturated heterocycles. The lowest BCUT2D eigenvalue weighted by Crippen LogP contribution is -2.41. The van der Waals surface area contributed by atoms with Crippen molar-refractivity contribution in [2.75, 3.05) is 26.4 Å². The van der Waals surface area contributed by atoms with Gasteiger partial charge in [0, 0.05) is 31.9 Å². The van der Waals surface area contributed by atoms with Crippen molar-refractivity contribution < 1.29 is 9.47 Å². The lowest BCUT2D eigenvalue weighted by atomic mass is 9.98. The fraction of sp³-hybridized carbons (Fsp3) is 1.00. The van der Waals surface area contributed by atoms with Crippen LogP contribution in [-0.2, 0) is 9.47 Å². The maximum absolute atomic E-state index is 5.47. The van der Waals surface area contributed by atoms with Gasteiger partial charge >= 0.3 is 0 Å². The van der Waals surface area contributed by atoms with E-state index in [4.69, 9.17) is 9.47 Å². The van der Waals surface area contributed by atoms with E-state index in [0.717, 1.165) is 32.8 Å². The monoisotopic (exact) mass is 213 g/mol. The average Bonchev–Trinajstić information content (AvgIpc) is 2.65. The van der Waals surface area contributed by atoms with Crippen molar-refractivity contribution in [3.05, 3.63) is 0 Å². The molecule has 3 unspecified atom stereocenters. The molecule has 3 heteroatoms. The molecule has 0 aliphatic carbocycles. The lowest BCUT2D eigenvalue weighted by Gasteiger charge is -2.25. The van der Waals surface area contributed by atoms with Crippen LogP contribution in [0.3, 0.4) is 0 Å². The highest BCUT2D eigenvalue weighted by molar-refractivity contribution is 4.80. The van der Waals surface area contributed by atoms with Crippen molar-refractivity contribution in [2.24, 2.45) is 5.92 Å². The summed E-state index contributed by atoms with van der Waals surface area (Å²) >= 11 is 0. The Labute approximate surface area is 92.5 Å². The molecule has 15 heavy (non-hydrogen) atoms. The van der Waals surface area contributed by atoms with Crippen LogP contribution in [0.4, 0.5) is 0 Å². The second kappa shape index (κ2) is 5.83. The van der Waals surface area contributed by atoms with Gasteiger partial charge in [-0.15, -0.1) is 0 Å². The van der Waals surface area contributed by atoms with Crippen LogP contribution >= 0.6 is 0 Å². The summed E-state index contributed by atoms with van der Waals surface area (Å²) in [6, 6.07) is 1.25. The molecular weight excluding hydrogens is 190 g/mol. The number of nitrogens with one attached hydrogen (secondary N) is 1. The van der Waals surface area contributed by atoms with Gasteiger partial charge in [-0.25, -0.2) is 0 Å². The van der Waals surface area contributed by atoms with E-state index in [-0.39, 0.29) is 0 Å². The zero-order chi connectivity index (χ0) is 10.5. The molecule has 0 radical (unpaired) electrons. The second-order valence-electron chi connectivity index (χ2n) is 4.82. The first-order chi connectivity index (χ1) is 7.36. The Morgan fingerprint density at radius 3 is 2.73 bits per heavy atom. The van der Waals surface area contributed by atoms with Gasteiger partial charge in [-0.2, -0.15) is 0 Å². The zero-order valence-corrected chi connectivity index (χ0v) is 9.71. The third-order valence-electron chi connectivity index (χ3n) is 3.62. The van der Waals surface area contributed by atoms with Crippen LogP contribution in [0.25, 0.3) is 0 Å². The van der Waals surface area contributed by atoms with Crippen molar-refractivity contribution in [2.45, 2.75) is 44.7 Å².